The fraction of sp³-hybridized carbons (Fsp3) is 0.409. The van der Waals surface area contributed by atoms with Crippen LogP contribution in [0.4, 0.5) is 0 Å². The SMILES string of the molecule is CC1CN(Cc2ccc(CNCc3ccc(C#N)cc3)cc2)CC(C)O1. The number of rotatable bonds is 6. The zero-order valence-corrected chi connectivity index (χ0v) is 15.6. The third kappa shape index (κ3) is 5.40. The number of nitrogens with one attached hydrogen (secondary N) is 1. The first-order valence-electron chi connectivity index (χ1n) is 9.28. The quantitative estimate of drug-likeness (QED) is 0.868. The first kappa shape index (κ1) is 18.6. The summed E-state index contributed by atoms with van der Waals surface area (Å²) in [7, 11) is 0. The molecule has 2 aromatic rings. The maximum absolute atomic E-state index is 8.83. The number of benzene rings is 2. The van der Waals surface area contributed by atoms with Gasteiger partial charge in [-0.05, 0) is 42.7 Å². The van der Waals surface area contributed by atoms with E-state index in [0.29, 0.717) is 17.8 Å². The molecule has 1 aliphatic rings. The van der Waals surface area contributed by atoms with Gasteiger partial charge in [-0.2, -0.15) is 5.26 Å². The lowest BCUT2D eigenvalue weighted by molar-refractivity contribution is -0.0704. The zero-order chi connectivity index (χ0) is 18.4. The molecule has 2 aromatic carbocycles. The van der Waals surface area contributed by atoms with E-state index in [1.807, 2.05) is 24.3 Å². The summed E-state index contributed by atoms with van der Waals surface area (Å²) in [5, 5.41) is 12.3. The van der Waals surface area contributed by atoms with Gasteiger partial charge in [0.15, 0.2) is 0 Å². The standard InChI is InChI=1S/C22H27N3O/c1-17-14-25(15-18(2)26-17)16-22-9-7-21(8-10-22)13-24-12-20-5-3-19(11-23)4-6-20/h3-10,17-18,24H,12-16H2,1-2H3. The van der Waals surface area contributed by atoms with E-state index in [4.69, 9.17) is 10.00 Å². The first-order chi connectivity index (χ1) is 12.6. The second-order valence-corrected chi connectivity index (χ2v) is 7.18. The fourth-order valence-electron chi connectivity index (χ4n) is 3.48. The highest BCUT2D eigenvalue weighted by Crippen LogP contribution is 2.15. The van der Waals surface area contributed by atoms with E-state index in [1.54, 1.807) is 0 Å². The van der Waals surface area contributed by atoms with Crippen molar-refractivity contribution in [2.24, 2.45) is 0 Å². The van der Waals surface area contributed by atoms with Crippen molar-refractivity contribution >= 4 is 0 Å². The molecule has 26 heavy (non-hydrogen) atoms. The number of nitrogens with zero attached hydrogens (tertiary/aromatic N) is 2. The van der Waals surface area contributed by atoms with E-state index in [1.165, 1.54) is 16.7 Å². The Morgan fingerprint density at radius 1 is 0.923 bits per heavy atom. The molecule has 1 fully saturated rings. The van der Waals surface area contributed by atoms with Gasteiger partial charge in [-0.3, -0.25) is 4.90 Å². The van der Waals surface area contributed by atoms with Gasteiger partial charge in [-0.25, -0.2) is 0 Å². The van der Waals surface area contributed by atoms with Crippen molar-refractivity contribution in [3.8, 4) is 6.07 Å². The monoisotopic (exact) mass is 349 g/mol. The summed E-state index contributed by atoms with van der Waals surface area (Å²) in [6.45, 7) is 8.91. The molecule has 4 heteroatoms. The Labute approximate surface area is 156 Å². The molecule has 2 unspecified atom stereocenters. The summed E-state index contributed by atoms with van der Waals surface area (Å²) in [5.74, 6) is 0. The summed E-state index contributed by atoms with van der Waals surface area (Å²) in [4.78, 5) is 2.47. The summed E-state index contributed by atoms with van der Waals surface area (Å²) < 4.78 is 5.80. The zero-order valence-electron chi connectivity index (χ0n) is 15.6. The van der Waals surface area contributed by atoms with Gasteiger partial charge in [-0.1, -0.05) is 36.4 Å². The van der Waals surface area contributed by atoms with Gasteiger partial charge in [0, 0.05) is 32.7 Å². The Kier molecular flexibility index (Phi) is 6.40. The lowest BCUT2D eigenvalue weighted by atomic mass is 10.1. The average Bonchev–Trinajstić information content (AvgIpc) is 2.63. The molecule has 0 amide bonds. The van der Waals surface area contributed by atoms with E-state index in [2.05, 4.69) is 54.4 Å². The van der Waals surface area contributed by atoms with Crippen LogP contribution in [0.5, 0.6) is 0 Å². The molecule has 2 atom stereocenters. The van der Waals surface area contributed by atoms with Crippen LogP contribution in [0.3, 0.4) is 0 Å². The lowest BCUT2D eigenvalue weighted by Crippen LogP contribution is -2.44. The lowest BCUT2D eigenvalue weighted by Gasteiger charge is -2.35. The van der Waals surface area contributed by atoms with Crippen LogP contribution in [0, 0.1) is 11.3 Å². The molecule has 1 aliphatic heterocycles. The minimum absolute atomic E-state index is 0.310. The van der Waals surface area contributed by atoms with Crippen LogP contribution in [-0.2, 0) is 24.4 Å². The molecular formula is C22H27N3O. The molecule has 4 nitrogen and oxygen atoms in total. The molecular weight excluding hydrogens is 322 g/mol. The normalized spacial score (nSPS) is 20.7. The van der Waals surface area contributed by atoms with E-state index in [0.717, 1.165) is 32.7 Å². The molecule has 0 saturated carbocycles. The minimum atomic E-state index is 0.310. The number of hydrogen-bond donors (Lipinski definition) is 1. The average molecular weight is 349 g/mol. The Balaban J connectivity index is 1.46. The first-order valence-corrected chi connectivity index (χ1v) is 9.28. The van der Waals surface area contributed by atoms with Crippen LogP contribution in [0.1, 0.15) is 36.1 Å². The van der Waals surface area contributed by atoms with Crippen molar-refractivity contribution in [3.05, 3.63) is 70.8 Å². The Morgan fingerprint density at radius 2 is 1.42 bits per heavy atom. The smallest absolute Gasteiger partial charge is 0.0991 e. The summed E-state index contributed by atoms with van der Waals surface area (Å²) in [5.41, 5.74) is 4.53. The number of nitriles is 1. The maximum atomic E-state index is 8.83. The van der Waals surface area contributed by atoms with Gasteiger partial charge in [0.1, 0.15) is 0 Å². The van der Waals surface area contributed by atoms with Crippen molar-refractivity contribution in [2.45, 2.75) is 45.7 Å². The molecule has 0 aliphatic carbocycles. The van der Waals surface area contributed by atoms with E-state index < -0.39 is 0 Å². The fourth-order valence-corrected chi connectivity index (χ4v) is 3.48. The van der Waals surface area contributed by atoms with Gasteiger partial charge in [0.25, 0.3) is 0 Å². The number of ether oxygens (including phenoxy) is 1. The number of hydrogen-bond acceptors (Lipinski definition) is 4. The molecule has 1 saturated heterocycles. The van der Waals surface area contributed by atoms with Gasteiger partial charge in [-0.15, -0.1) is 0 Å². The highest BCUT2D eigenvalue weighted by molar-refractivity contribution is 5.31. The molecule has 1 heterocycles. The van der Waals surface area contributed by atoms with Crippen molar-refractivity contribution in [1.82, 2.24) is 10.2 Å². The second-order valence-electron chi connectivity index (χ2n) is 7.18. The molecule has 136 valence electrons. The van der Waals surface area contributed by atoms with Crippen molar-refractivity contribution in [2.75, 3.05) is 13.1 Å². The molecule has 0 bridgehead atoms. The molecule has 0 spiro atoms. The van der Waals surface area contributed by atoms with Gasteiger partial charge in [0.2, 0.25) is 0 Å². The van der Waals surface area contributed by atoms with E-state index >= 15 is 0 Å². The van der Waals surface area contributed by atoms with Crippen LogP contribution in [0.25, 0.3) is 0 Å². The summed E-state index contributed by atoms with van der Waals surface area (Å²) in [6.07, 6.45) is 0.619. The van der Waals surface area contributed by atoms with Crippen molar-refractivity contribution < 1.29 is 4.74 Å². The second kappa shape index (κ2) is 8.95. The Morgan fingerprint density at radius 3 is 1.96 bits per heavy atom. The van der Waals surface area contributed by atoms with Crippen LogP contribution < -0.4 is 5.32 Å². The Hall–Kier alpha value is -2.19. The van der Waals surface area contributed by atoms with E-state index in [-0.39, 0.29) is 0 Å². The topological polar surface area (TPSA) is 48.3 Å². The van der Waals surface area contributed by atoms with Crippen molar-refractivity contribution in [1.29, 1.82) is 5.26 Å². The highest BCUT2D eigenvalue weighted by Gasteiger charge is 2.21. The summed E-state index contributed by atoms with van der Waals surface area (Å²) >= 11 is 0. The molecule has 3 rings (SSSR count). The van der Waals surface area contributed by atoms with Gasteiger partial charge in [0.05, 0.1) is 23.8 Å². The largest absolute Gasteiger partial charge is 0.373 e. The molecule has 1 N–H and O–H groups in total. The van der Waals surface area contributed by atoms with Crippen LogP contribution >= 0.6 is 0 Å². The maximum Gasteiger partial charge on any atom is 0.0991 e. The minimum Gasteiger partial charge on any atom is -0.373 e. The predicted octanol–water partition coefficient (Wildman–Crippen LogP) is 3.46. The van der Waals surface area contributed by atoms with Gasteiger partial charge < -0.3 is 10.1 Å². The van der Waals surface area contributed by atoms with Crippen LogP contribution in [0.15, 0.2) is 48.5 Å². The highest BCUT2D eigenvalue weighted by atomic mass is 16.5. The van der Waals surface area contributed by atoms with E-state index in [9.17, 15) is 0 Å². The van der Waals surface area contributed by atoms with Crippen LogP contribution in [-0.4, -0.2) is 30.2 Å². The molecule has 0 radical (unpaired) electrons. The predicted molar refractivity (Wildman–Crippen MR) is 103 cm³/mol. The summed E-state index contributed by atoms with van der Waals surface area (Å²) in [6, 6.07) is 18.7. The number of morpholine rings is 1. The van der Waals surface area contributed by atoms with Gasteiger partial charge >= 0.3 is 0 Å². The third-order valence-corrected chi connectivity index (χ3v) is 4.67. The van der Waals surface area contributed by atoms with Crippen molar-refractivity contribution in [3.63, 3.8) is 0 Å². The third-order valence-electron chi connectivity index (χ3n) is 4.67. The Bertz CT molecular complexity index is 723. The van der Waals surface area contributed by atoms with Crippen LogP contribution in [0.2, 0.25) is 0 Å². The molecule has 0 aromatic heterocycles.